The van der Waals surface area contributed by atoms with Gasteiger partial charge < -0.3 is 20.2 Å². The van der Waals surface area contributed by atoms with E-state index >= 15 is 0 Å². The highest BCUT2D eigenvalue weighted by Crippen LogP contribution is 2.19. The highest BCUT2D eigenvalue weighted by atomic mass is 16.5. The highest BCUT2D eigenvalue weighted by molar-refractivity contribution is 5.56. The van der Waals surface area contributed by atoms with Crippen molar-refractivity contribution in [3.8, 4) is 0 Å². The first-order valence-corrected chi connectivity index (χ1v) is 6.87. The van der Waals surface area contributed by atoms with Crippen LogP contribution in [0.1, 0.15) is 24.7 Å². The van der Waals surface area contributed by atoms with E-state index in [1.54, 1.807) is 7.11 Å². The van der Waals surface area contributed by atoms with Gasteiger partial charge in [0, 0.05) is 25.6 Å². The molecule has 0 aliphatic rings. The van der Waals surface area contributed by atoms with E-state index in [0.717, 1.165) is 30.0 Å². The molecule has 1 aromatic rings. The molecule has 0 aliphatic carbocycles. The summed E-state index contributed by atoms with van der Waals surface area (Å²) >= 11 is 0. The number of nitrogens with one attached hydrogen (secondary N) is 2. The minimum atomic E-state index is 0.595. The Morgan fingerprint density at radius 1 is 1.15 bits per heavy atom. The molecule has 1 rings (SSSR count). The van der Waals surface area contributed by atoms with E-state index in [1.165, 1.54) is 0 Å². The third-order valence-corrected chi connectivity index (χ3v) is 2.77. The van der Waals surface area contributed by atoms with Crippen LogP contribution < -0.4 is 16.6 Å². The number of nitrogen functional groups attached to an aromatic ring is 1. The van der Waals surface area contributed by atoms with Gasteiger partial charge in [0.1, 0.15) is 17.5 Å². The lowest BCUT2D eigenvalue weighted by Crippen LogP contribution is -2.17. The molecule has 0 saturated carbocycles. The summed E-state index contributed by atoms with van der Waals surface area (Å²) in [5.41, 5.74) is 3.52. The molecule has 0 aromatic carbocycles. The van der Waals surface area contributed by atoms with E-state index in [4.69, 9.17) is 15.3 Å². The summed E-state index contributed by atoms with van der Waals surface area (Å²) < 4.78 is 10.3. The number of nitrogens with zero attached hydrogens (tertiary/aromatic N) is 2. The number of anilines is 2. The fourth-order valence-corrected chi connectivity index (χ4v) is 1.70. The molecule has 1 heterocycles. The summed E-state index contributed by atoms with van der Waals surface area (Å²) in [4.78, 5) is 8.88. The number of nitrogens with two attached hydrogens (primary N) is 1. The van der Waals surface area contributed by atoms with E-state index in [1.807, 2.05) is 6.92 Å². The Kier molecular flexibility index (Phi) is 7.86. The molecule has 0 radical (unpaired) electrons. The van der Waals surface area contributed by atoms with E-state index < -0.39 is 0 Å². The zero-order valence-corrected chi connectivity index (χ0v) is 12.5. The molecule has 0 aliphatic heterocycles. The molecule has 20 heavy (non-hydrogen) atoms. The molecule has 1 aromatic heterocycles. The number of aryl methyl sites for hydroxylation is 1. The number of hydrogen-bond donors (Lipinski definition) is 3. The van der Waals surface area contributed by atoms with Gasteiger partial charge in [0.15, 0.2) is 0 Å². The molecule has 0 atom stereocenters. The van der Waals surface area contributed by atoms with Crippen molar-refractivity contribution in [2.45, 2.75) is 26.7 Å². The van der Waals surface area contributed by atoms with Crippen molar-refractivity contribution in [3.63, 3.8) is 0 Å². The normalized spacial score (nSPS) is 10.6. The monoisotopic (exact) mass is 283 g/mol. The van der Waals surface area contributed by atoms with Crippen molar-refractivity contribution in [2.75, 3.05) is 44.2 Å². The standard InChI is InChI=1S/C13H25N5O2/c1-4-5-11-16-12(10(2)13(17-11)18-14)15-6-7-20-9-8-19-3/h4-9,14H2,1-3H3,(H2,15,16,17,18). The summed E-state index contributed by atoms with van der Waals surface area (Å²) in [6.45, 7) is 6.50. The van der Waals surface area contributed by atoms with Crippen molar-refractivity contribution < 1.29 is 9.47 Å². The van der Waals surface area contributed by atoms with Gasteiger partial charge in [-0.3, -0.25) is 0 Å². The van der Waals surface area contributed by atoms with Crippen LogP contribution in [0.3, 0.4) is 0 Å². The number of rotatable bonds is 10. The second kappa shape index (κ2) is 9.46. The van der Waals surface area contributed by atoms with E-state index in [9.17, 15) is 0 Å². The average molecular weight is 283 g/mol. The molecule has 0 saturated heterocycles. The van der Waals surface area contributed by atoms with Crippen LogP contribution in [-0.2, 0) is 15.9 Å². The van der Waals surface area contributed by atoms with Crippen LogP contribution in [0.2, 0.25) is 0 Å². The van der Waals surface area contributed by atoms with Gasteiger partial charge in [0.25, 0.3) is 0 Å². The maximum atomic E-state index is 5.49. The second-order valence-electron chi connectivity index (χ2n) is 4.39. The van der Waals surface area contributed by atoms with Gasteiger partial charge in [0.2, 0.25) is 0 Å². The maximum absolute atomic E-state index is 5.49. The number of methoxy groups -OCH3 is 1. The predicted molar refractivity (Wildman–Crippen MR) is 79.8 cm³/mol. The summed E-state index contributed by atoms with van der Waals surface area (Å²) in [6, 6.07) is 0. The third-order valence-electron chi connectivity index (χ3n) is 2.77. The lowest BCUT2D eigenvalue weighted by molar-refractivity contribution is 0.0759. The first-order chi connectivity index (χ1) is 9.72. The Balaban J connectivity index is 2.56. The van der Waals surface area contributed by atoms with Crippen molar-refractivity contribution >= 4 is 11.6 Å². The second-order valence-corrected chi connectivity index (χ2v) is 4.39. The number of ether oxygens (including phenoxy) is 2. The van der Waals surface area contributed by atoms with Crippen LogP contribution in [0, 0.1) is 6.92 Å². The Morgan fingerprint density at radius 3 is 2.55 bits per heavy atom. The predicted octanol–water partition coefficient (Wildman–Crippen LogP) is 1.10. The molecule has 0 bridgehead atoms. The smallest absolute Gasteiger partial charge is 0.148 e. The quantitative estimate of drug-likeness (QED) is 0.336. The van der Waals surface area contributed by atoms with Crippen molar-refractivity contribution in [1.29, 1.82) is 0 Å². The number of hydrogen-bond acceptors (Lipinski definition) is 7. The van der Waals surface area contributed by atoms with Crippen molar-refractivity contribution in [2.24, 2.45) is 5.84 Å². The van der Waals surface area contributed by atoms with Gasteiger partial charge in [-0.15, -0.1) is 0 Å². The Hall–Kier alpha value is -1.44. The van der Waals surface area contributed by atoms with Crippen LogP contribution in [-0.4, -0.2) is 43.4 Å². The first kappa shape index (κ1) is 16.6. The van der Waals surface area contributed by atoms with E-state index in [0.29, 0.717) is 32.2 Å². The van der Waals surface area contributed by atoms with E-state index in [-0.39, 0.29) is 0 Å². The molecule has 0 unspecified atom stereocenters. The fraction of sp³-hybridized carbons (Fsp3) is 0.692. The lowest BCUT2D eigenvalue weighted by atomic mass is 10.2. The fourth-order valence-electron chi connectivity index (χ4n) is 1.70. The Bertz CT molecular complexity index is 401. The molecule has 0 fully saturated rings. The van der Waals surface area contributed by atoms with Crippen LogP contribution in [0.4, 0.5) is 11.6 Å². The molecule has 4 N–H and O–H groups in total. The molecule has 7 nitrogen and oxygen atoms in total. The van der Waals surface area contributed by atoms with Crippen LogP contribution in [0.25, 0.3) is 0 Å². The van der Waals surface area contributed by atoms with Crippen LogP contribution >= 0.6 is 0 Å². The topological polar surface area (TPSA) is 94.3 Å². The van der Waals surface area contributed by atoms with Gasteiger partial charge in [0.05, 0.1) is 19.8 Å². The van der Waals surface area contributed by atoms with Gasteiger partial charge in [-0.05, 0) is 13.3 Å². The molecule has 0 amide bonds. The average Bonchev–Trinajstić information content (AvgIpc) is 2.45. The lowest BCUT2D eigenvalue weighted by Gasteiger charge is -2.13. The summed E-state index contributed by atoms with van der Waals surface area (Å²) in [7, 11) is 1.66. The number of hydrazine groups is 1. The van der Waals surface area contributed by atoms with Gasteiger partial charge in [-0.25, -0.2) is 15.8 Å². The zero-order chi connectivity index (χ0) is 14.8. The van der Waals surface area contributed by atoms with Gasteiger partial charge >= 0.3 is 0 Å². The maximum Gasteiger partial charge on any atom is 0.148 e. The van der Waals surface area contributed by atoms with Gasteiger partial charge in [-0.1, -0.05) is 6.92 Å². The van der Waals surface area contributed by atoms with Crippen LogP contribution in [0.5, 0.6) is 0 Å². The molecule has 0 spiro atoms. The highest BCUT2D eigenvalue weighted by Gasteiger charge is 2.09. The van der Waals surface area contributed by atoms with Crippen LogP contribution in [0.15, 0.2) is 0 Å². The third kappa shape index (κ3) is 5.28. The van der Waals surface area contributed by atoms with Gasteiger partial charge in [-0.2, -0.15) is 0 Å². The molecule has 114 valence electrons. The Labute approximate surface area is 120 Å². The van der Waals surface area contributed by atoms with Crippen molar-refractivity contribution in [1.82, 2.24) is 9.97 Å². The minimum Gasteiger partial charge on any atom is -0.382 e. The zero-order valence-electron chi connectivity index (χ0n) is 12.5. The molecular weight excluding hydrogens is 258 g/mol. The Morgan fingerprint density at radius 2 is 1.90 bits per heavy atom. The minimum absolute atomic E-state index is 0.595. The van der Waals surface area contributed by atoms with Crippen molar-refractivity contribution in [3.05, 3.63) is 11.4 Å². The number of aromatic nitrogens is 2. The summed E-state index contributed by atoms with van der Waals surface area (Å²) in [5, 5.41) is 3.25. The summed E-state index contributed by atoms with van der Waals surface area (Å²) in [6.07, 6.45) is 1.82. The molecule has 7 heteroatoms. The largest absolute Gasteiger partial charge is 0.382 e. The molecular formula is C13H25N5O2. The summed E-state index contributed by atoms with van der Waals surface area (Å²) in [5.74, 6) is 7.73. The van der Waals surface area contributed by atoms with E-state index in [2.05, 4.69) is 27.6 Å². The SMILES string of the molecule is CCCc1nc(NN)c(C)c(NCCOCCOC)n1. The first-order valence-electron chi connectivity index (χ1n) is 6.87.